The molecule has 1 aliphatic rings. The Hall–Kier alpha value is -2.41. The van der Waals surface area contributed by atoms with Crippen LogP contribution in [0.5, 0.6) is 5.75 Å². The summed E-state index contributed by atoms with van der Waals surface area (Å²) in [5.41, 5.74) is 2.13. The Morgan fingerprint density at radius 3 is 2.30 bits per heavy atom. The van der Waals surface area contributed by atoms with Gasteiger partial charge in [0.25, 0.3) is 0 Å². The van der Waals surface area contributed by atoms with E-state index in [0.29, 0.717) is 5.92 Å². The highest BCUT2D eigenvalue weighted by Crippen LogP contribution is 2.34. The zero-order valence-electron chi connectivity index (χ0n) is 16.2. The fourth-order valence-electron chi connectivity index (χ4n) is 3.64. The lowest BCUT2D eigenvalue weighted by atomic mass is 9.82. The number of unbranched alkanes of at least 4 members (excludes halogenated alkanes) is 3. The Morgan fingerprint density at radius 1 is 0.963 bits per heavy atom. The Bertz CT molecular complexity index is 726. The fourth-order valence-corrected chi connectivity index (χ4v) is 3.64. The van der Waals surface area contributed by atoms with Gasteiger partial charge in [0.15, 0.2) is 0 Å². The Morgan fingerprint density at radius 2 is 1.67 bits per heavy atom. The third-order valence-corrected chi connectivity index (χ3v) is 5.40. The molecule has 1 aromatic carbocycles. The largest absolute Gasteiger partial charge is 0.494 e. The average Bonchev–Trinajstić information content (AvgIpc) is 2.74. The van der Waals surface area contributed by atoms with Gasteiger partial charge in [-0.15, -0.1) is 0 Å². The summed E-state index contributed by atoms with van der Waals surface area (Å²) in [5, 5.41) is 9.02. The summed E-state index contributed by atoms with van der Waals surface area (Å²) in [6.45, 7) is 3.00. The number of ether oxygens (including phenoxy) is 1. The van der Waals surface area contributed by atoms with Crippen molar-refractivity contribution in [2.75, 3.05) is 6.61 Å². The van der Waals surface area contributed by atoms with E-state index in [4.69, 9.17) is 10.00 Å². The zero-order chi connectivity index (χ0) is 18.9. The quantitative estimate of drug-likeness (QED) is 0.548. The van der Waals surface area contributed by atoms with Crippen molar-refractivity contribution in [3.63, 3.8) is 0 Å². The van der Waals surface area contributed by atoms with E-state index in [1.165, 1.54) is 19.3 Å². The van der Waals surface area contributed by atoms with E-state index in [9.17, 15) is 0 Å². The molecule has 1 fully saturated rings. The monoisotopic (exact) mass is 363 g/mol. The van der Waals surface area contributed by atoms with Crippen LogP contribution in [0.2, 0.25) is 0 Å². The van der Waals surface area contributed by atoms with E-state index >= 15 is 0 Å². The summed E-state index contributed by atoms with van der Waals surface area (Å²) in [7, 11) is 0. The molecule has 0 bridgehead atoms. The van der Waals surface area contributed by atoms with E-state index in [-0.39, 0.29) is 5.92 Å². The van der Waals surface area contributed by atoms with Gasteiger partial charge >= 0.3 is 0 Å². The highest BCUT2D eigenvalue weighted by molar-refractivity contribution is 5.62. The molecule has 0 radical (unpaired) electrons. The van der Waals surface area contributed by atoms with E-state index in [2.05, 4.69) is 35.1 Å². The maximum absolute atomic E-state index is 9.02. The zero-order valence-corrected chi connectivity index (χ0v) is 16.2. The minimum atomic E-state index is 0.216. The highest BCUT2D eigenvalue weighted by atomic mass is 16.5. The third-order valence-electron chi connectivity index (χ3n) is 5.40. The SMILES string of the molecule is CCCCCCOc1ccc(-c2cnc(C3CCC(C#N)CC3)nc2)cc1. The first-order valence-electron chi connectivity index (χ1n) is 10.2. The second-order valence-corrected chi connectivity index (χ2v) is 7.44. The number of benzene rings is 1. The lowest BCUT2D eigenvalue weighted by molar-refractivity contribution is 0.305. The Labute approximate surface area is 162 Å². The first-order chi connectivity index (χ1) is 13.3. The molecule has 4 nitrogen and oxygen atoms in total. The van der Waals surface area contributed by atoms with Gasteiger partial charge in [-0.05, 0) is 49.8 Å². The van der Waals surface area contributed by atoms with Crippen LogP contribution in [0.15, 0.2) is 36.7 Å². The van der Waals surface area contributed by atoms with E-state index in [1.54, 1.807) is 0 Å². The van der Waals surface area contributed by atoms with Gasteiger partial charge in [-0.2, -0.15) is 5.26 Å². The number of hydrogen-bond acceptors (Lipinski definition) is 4. The molecule has 0 saturated heterocycles. The van der Waals surface area contributed by atoms with Gasteiger partial charge in [-0.25, -0.2) is 9.97 Å². The molecule has 0 unspecified atom stereocenters. The second kappa shape index (κ2) is 10.1. The molecule has 27 heavy (non-hydrogen) atoms. The first kappa shape index (κ1) is 19.4. The van der Waals surface area contributed by atoms with Gasteiger partial charge in [-0.1, -0.05) is 38.3 Å². The minimum absolute atomic E-state index is 0.216. The minimum Gasteiger partial charge on any atom is -0.494 e. The number of aromatic nitrogens is 2. The van der Waals surface area contributed by atoms with Crippen molar-refractivity contribution in [2.45, 2.75) is 64.2 Å². The maximum atomic E-state index is 9.02. The molecule has 0 N–H and O–H groups in total. The second-order valence-electron chi connectivity index (χ2n) is 7.44. The summed E-state index contributed by atoms with van der Waals surface area (Å²) in [4.78, 5) is 9.21. The molecule has 1 aliphatic carbocycles. The summed E-state index contributed by atoms with van der Waals surface area (Å²) >= 11 is 0. The van der Waals surface area contributed by atoms with E-state index < -0.39 is 0 Å². The molecule has 0 aliphatic heterocycles. The van der Waals surface area contributed by atoms with Crippen molar-refractivity contribution in [2.24, 2.45) is 5.92 Å². The summed E-state index contributed by atoms with van der Waals surface area (Å²) in [5.74, 6) is 2.45. The van der Waals surface area contributed by atoms with Gasteiger partial charge in [-0.3, -0.25) is 0 Å². The molecule has 3 rings (SSSR count). The van der Waals surface area contributed by atoms with E-state index in [0.717, 1.165) is 61.4 Å². The molecular formula is C23H29N3O. The lowest BCUT2D eigenvalue weighted by Gasteiger charge is -2.23. The van der Waals surface area contributed by atoms with Crippen LogP contribution in [0, 0.1) is 17.2 Å². The predicted octanol–water partition coefficient (Wildman–Crippen LogP) is 5.90. The van der Waals surface area contributed by atoms with Crippen molar-refractivity contribution in [1.82, 2.24) is 9.97 Å². The van der Waals surface area contributed by atoms with Gasteiger partial charge in [0.1, 0.15) is 11.6 Å². The average molecular weight is 364 g/mol. The number of hydrogen-bond donors (Lipinski definition) is 0. The molecule has 142 valence electrons. The molecule has 2 aromatic rings. The van der Waals surface area contributed by atoms with Crippen molar-refractivity contribution in [3.8, 4) is 22.9 Å². The van der Waals surface area contributed by atoms with Crippen LogP contribution in [0.25, 0.3) is 11.1 Å². The van der Waals surface area contributed by atoms with Gasteiger partial charge < -0.3 is 4.74 Å². The highest BCUT2D eigenvalue weighted by Gasteiger charge is 2.23. The topological polar surface area (TPSA) is 58.8 Å². The van der Waals surface area contributed by atoms with Crippen LogP contribution in [0.1, 0.15) is 70.0 Å². The van der Waals surface area contributed by atoms with Crippen molar-refractivity contribution >= 4 is 0 Å². The van der Waals surface area contributed by atoms with Crippen LogP contribution in [-0.2, 0) is 0 Å². The van der Waals surface area contributed by atoms with Crippen molar-refractivity contribution < 1.29 is 4.74 Å². The standard InChI is InChI=1S/C23H29N3O/c1-2-3-4-5-14-27-22-12-10-19(11-13-22)21-16-25-23(26-17-21)20-8-6-18(15-24)7-9-20/h10-13,16-18,20H,2-9,14H2,1H3. The molecule has 0 spiro atoms. The van der Waals surface area contributed by atoms with Gasteiger partial charge in [0, 0.05) is 29.8 Å². The molecule has 4 heteroatoms. The van der Waals surface area contributed by atoms with E-state index in [1.807, 2.05) is 24.5 Å². The summed E-state index contributed by atoms with van der Waals surface area (Å²) in [6.07, 6.45) is 12.7. The maximum Gasteiger partial charge on any atom is 0.131 e. The number of nitriles is 1. The lowest BCUT2D eigenvalue weighted by Crippen LogP contribution is -2.14. The molecule has 0 amide bonds. The number of nitrogens with zero attached hydrogens (tertiary/aromatic N) is 3. The molecule has 1 heterocycles. The number of rotatable bonds is 8. The summed E-state index contributed by atoms with van der Waals surface area (Å²) < 4.78 is 5.81. The van der Waals surface area contributed by atoms with Crippen LogP contribution in [-0.4, -0.2) is 16.6 Å². The van der Waals surface area contributed by atoms with Crippen LogP contribution < -0.4 is 4.74 Å². The Kier molecular flexibility index (Phi) is 7.21. The van der Waals surface area contributed by atoms with Crippen LogP contribution in [0.4, 0.5) is 0 Å². The van der Waals surface area contributed by atoms with Gasteiger partial charge in [0.2, 0.25) is 0 Å². The smallest absolute Gasteiger partial charge is 0.131 e. The van der Waals surface area contributed by atoms with Crippen molar-refractivity contribution in [3.05, 3.63) is 42.5 Å². The normalized spacial score (nSPS) is 19.4. The Balaban J connectivity index is 1.53. The molecule has 1 saturated carbocycles. The fraction of sp³-hybridized carbons (Fsp3) is 0.522. The van der Waals surface area contributed by atoms with Gasteiger partial charge in [0.05, 0.1) is 12.7 Å². The molecular weight excluding hydrogens is 334 g/mol. The third kappa shape index (κ3) is 5.53. The molecule has 1 aromatic heterocycles. The van der Waals surface area contributed by atoms with Crippen LogP contribution >= 0.6 is 0 Å². The molecule has 0 atom stereocenters. The summed E-state index contributed by atoms with van der Waals surface area (Å²) in [6, 6.07) is 10.6. The van der Waals surface area contributed by atoms with Crippen molar-refractivity contribution in [1.29, 1.82) is 5.26 Å². The van der Waals surface area contributed by atoms with Crippen LogP contribution in [0.3, 0.4) is 0 Å². The first-order valence-corrected chi connectivity index (χ1v) is 10.2. The predicted molar refractivity (Wildman–Crippen MR) is 107 cm³/mol.